The van der Waals surface area contributed by atoms with Crippen molar-refractivity contribution in [1.82, 2.24) is 9.97 Å². The number of carboxylic acids is 1. The Balaban J connectivity index is 2.56. The first-order chi connectivity index (χ1) is 7.25. The SMILES string of the molecule is O=C(O)c1cncnc1CSCCCO. The number of aliphatic hydroxyl groups excluding tert-OH is 1. The lowest BCUT2D eigenvalue weighted by atomic mass is 10.2. The number of hydrogen-bond acceptors (Lipinski definition) is 5. The summed E-state index contributed by atoms with van der Waals surface area (Å²) in [5.74, 6) is 0.317. The van der Waals surface area contributed by atoms with Crippen molar-refractivity contribution in [3.63, 3.8) is 0 Å². The summed E-state index contributed by atoms with van der Waals surface area (Å²) >= 11 is 1.55. The number of thioether (sulfide) groups is 1. The fourth-order valence-electron chi connectivity index (χ4n) is 0.984. The molecule has 0 saturated heterocycles. The Morgan fingerprint density at radius 2 is 2.33 bits per heavy atom. The Morgan fingerprint density at radius 1 is 1.53 bits per heavy atom. The third-order valence-corrected chi connectivity index (χ3v) is 2.77. The number of aromatic nitrogens is 2. The van der Waals surface area contributed by atoms with Crippen LogP contribution in [-0.4, -0.2) is 38.5 Å². The van der Waals surface area contributed by atoms with Gasteiger partial charge < -0.3 is 10.2 Å². The molecular weight excluding hydrogens is 216 g/mol. The minimum Gasteiger partial charge on any atom is -0.478 e. The summed E-state index contributed by atoms with van der Waals surface area (Å²) in [5, 5.41) is 17.4. The van der Waals surface area contributed by atoms with Crippen molar-refractivity contribution >= 4 is 17.7 Å². The monoisotopic (exact) mass is 228 g/mol. The van der Waals surface area contributed by atoms with Crippen LogP contribution in [0.4, 0.5) is 0 Å². The molecule has 1 aromatic heterocycles. The Bertz CT molecular complexity index is 333. The summed E-state index contributed by atoms with van der Waals surface area (Å²) in [4.78, 5) is 18.4. The Hall–Kier alpha value is -1.14. The van der Waals surface area contributed by atoms with Gasteiger partial charge >= 0.3 is 5.97 Å². The number of carboxylic acid groups (broad SMARTS) is 1. The first kappa shape index (κ1) is 11.9. The van der Waals surface area contributed by atoms with E-state index < -0.39 is 5.97 Å². The smallest absolute Gasteiger partial charge is 0.339 e. The van der Waals surface area contributed by atoms with Gasteiger partial charge in [0.25, 0.3) is 0 Å². The maximum absolute atomic E-state index is 10.8. The van der Waals surface area contributed by atoms with Gasteiger partial charge in [-0.1, -0.05) is 0 Å². The third-order valence-electron chi connectivity index (χ3n) is 1.71. The normalized spacial score (nSPS) is 10.2. The zero-order valence-electron chi connectivity index (χ0n) is 8.09. The first-order valence-corrected chi connectivity index (χ1v) is 5.62. The van der Waals surface area contributed by atoms with Crippen LogP contribution in [0.2, 0.25) is 0 Å². The molecule has 5 nitrogen and oxygen atoms in total. The molecule has 0 bridgehead atoms. The lowest BCUT2D eigenvalue weighted by Crippen LogP contribution is -2.04. The summed E-state index contributed by atoms with van der Waals surface area (Å²) in [7, 11) is 0. The summed E-state index contributed by atoms with van der Waals surface area (Å²) in [5.41, 5.74) is 0.675. The van der Waals surface area contributed by atoms with Crippen molar-refractivity contribution in [2.75, 3.05) is 12.4 Å². The molecule has 2 N–H and O–H groups in total. The summed E-state index contributed by atoms with van der Waals surface area (Å²) in [6.45, 7) is 0.155. The topological polar surface area (TPSA) is 83.3 Å². The molecular formula is C9H12N2O3S. The highest BCUT2D eigenvalue weighted by molar-refractivity contribution is 7.98. The Labute approximate surface area is 91.6 Å². The summed E-state index contributed by atoms with van der Waals surface area (Å²) < 4.78 is 0. The summed E-state index contributed by atoms with van der Waals surface area (Å²) in [6, 6.07) is 0. The minimum atomic E-state index is -1.01. The van der Waals surface area contributed by atoms with Crippen LogP contribution in [0.1, 0.15) is 22.5 Å². The van der Waals surface area contributed by atoms with Gasteiger partial charge in [-0.2, -0.15) is 11.8 Å². The van der Waals surface area contributed by atoms with Crippen LogP contribution in [0, 0.1) is 0 Å². The lowest BCUT2D eigenvalue weighted by Gasteiger charge is -2.03. The van der Waals surface area contributed by atoms with Crippen LogP contribution in [0.3, 0.4) is 0 Å². The van der Waals surface area contributed by atoms with E-state index >= 15 is 0 Å². The highest BCUT2D eigenvalue weighted by atomic mass is 32.2. The molecule has 0 aliphatic rings. The van der Waals surface area contributed by atoms with Gasteiger partial charge in [0, 0.05) is 18.6 Å². The van der Waals surface area contributed by atoms with Crippen LogP contribution >= 0.6 is 11.8 Å². The quantitative estimate of drug-likeness (QED) is 0.700. The van der Waals surface area contributed by atoms with Crippen LogP contribution in [-0.2, 0) is 5.75 Å². The van der Waals surface area contributed by atoms with Crippen LogP contribution < -0.4 is 0 Å². The maximum atomic E-state index is 10.8. The van der Waals surface area contributed by atoms with Gasteiger partial charge in [-0.05, 0) is 12.2 Å². The van der Waals surface area contributed by atoms with Gasteiger partial charge in [0.1, 0.15) is 11.9 Å². The fourth-order valence-corrected chi connectivity index (χ4v) is 1.89. The van der Waals surface area contributed by atoms with E-state index in [9.17, 15) is 4.79 Å². The zero-order valence-corrected chi connectivity index (χ0v) is 8.90. The highest BCUT2D eigenvalue weighted by Crippen LogP contribution is 2.14. The Kier molecular flexibility index (Phi) is 5.06. The van der Waals surface area contributed by atoms with Gasteiger partial charge in [-0.25, -0.2) is 14.8 Å². The molecule has 1 heterocycles. The number of nitrogens with zero attached hydrogens (tertiary/aromatic N) is 2. The van der Waals surface area contributed by atoms with E-state index in [-0.39, 0.29) is 12.2 Å². The molecule has 0 saturated carbocycles. The minimum absolute atomic E-state index is 0.147. The van der Waals surface area contributed by atoms with Crippen molar-refractivity contribution in [3.8, 4) is 0 Å². The van der Waals surface area contributed by atoms with Gasteiger partial charge in [0.15, 0.2) is 0 Å². The van der Waals surface area contributed by atoms with E-state index in [0.29, 0.717) is 17.9 Å². The molecule has 0 aliphatic heterocycles. The van der Waals surface area contributed by atoms with Crippen LogP contribution in [0.5, 0.6) is 0 Å². The van der Waals surface area contributed by atoms with Crippen molar-refractivity contribution in [2.45, 2.75) is 12.2 Å². The molecule has 0 spiro atoms. The largest absolute Gasteiger partial charge is 0.478 e. The summed E-state index contributed by atoms with van der Waals surface area (Å²) in [6.07, 6.45) is 3.35. The second-order valence-electron chi connectivity index (χ2n) is 2.82. The molecule has 6 heteroatoms. The van der Waals surface area contributed by atoms with Crippen molar-refractivity contribution in [2.24, 2.45) is 0 Å². The lowest BCUT2D eigenvalue weighted by molar-refractivity contribution is 0.0695. The average molecular weight is 228 g/mol. The van der Waals surface area contributed by atoms with Crippen molar-refractivity contribution < 1.29 is 15.0 Å². The molecule has 0 atom stereocenters. The van der Waals surface area contributed by atoms with Gasteiger partial charge in [-0.15, -0.1) is 0 Å². The van der Waals surface area contributed by atoms with Gasteiger partial charge in [0.05, 0.1) is 5.69 Å². The zero-order chi connectivity index (χ0) is 11.1. The van der Waals surface area contributed by atoms with E-state index in [1.807, 2.05) is 0 Å². The molecule has 0 aromatic carbocycles. The Morgan fingerprint density at radius 3 is 3.00 bits per heavy atom. The number of rotatable bonds is 6. The number of aliphatic hydroxyl groups is 1. The molecule has 0 fully saturated rings. The van der Waals surface area contributed by atoms with Gasteiger partial charge in [-0.3, -0.25) is 0 Å². The van der Waals surface area contributed by atoms with Gasteiger partial charge in [0.2, 0.25) is 0 Å². The van der Waals surface area contributed by atoms with Crippen LogP contribution in [0.15, 0.2) is 12.5 Å². The fraction of sp³-hybridized carbons (Fsp3) is 0.444. The van der Waals surface area contributed by atoms with Crippen LogP contribution in [0.25, 0.3) is 0 Å². The first-order valence-electron chi connectivity index (χ1n) is 4.46. The molecule has 0 aliphatic carbocycles. The average Bonchev–Trinajstić information content (AvgIpc) is 2.25. The van der Waals surface area contributed by atoms with Crippen molar-refractivity contribution in [3.05, 3.63) is 23.8 Å². The van der Waals surface area contributed by atoms with E-state index in [0.717, 1.165) is 5.75 Å². The molecule has 0 amide bonds. The van der Waals surface area contributed by atoms with E-state index in [4.69, 9.17) is 10.2 Å². The molecule has 15 heavy (non-hydrogen) atoms. The molecule has 1 aromatic rings. The number of aromatic carboxylic acids is 1. The predicted octanol–water partition coefficient (Wildman–Crippen LogP) is 0.790. The predicted molar refractivity (Wildman–Crippen MR) is 56.9 cm³/mol. The van der Waals surface area contributed by atoms with E-state index in [2.05, 4.69) is 9.97 Å². The maximum Gasteiger partial charge on any atom is 0.339 e. The second kappa shape index (κ2) is 6.36. The standard InChI is InChI=1S/C9H12N2O3S/c12-2-1-3-15-5-8-7(9(13)14)4-10-6-11-8/h4,6,12H,1-3,5H2,(H,13,14). The highest BCUT2D eigenvalue weighted by Gasteiger charge is 2.10. The third kappa shape index (κ3) is 3.85. The molecule has 0 unspecified atom stereocenters. The number of carbonyl (C=O) groups is 1. The molecule has 82 valence electrons. The molecule has 1 rings (SSSR count). The second-order valence-corrected chi connectivity index (χ2v) is 3.92. The van der Waals surface area contributed by atoms with E-state index in [1.165, 1.54) is 12.5 Å². The van der Waals surface area contributed by atoms with E-state index in [1.54, 1.807) is 11.8 Å². The van der Waals surface area contributed by atoms with Crippen molar-refractivity contribution in [1.29, 1.82) is 0 Å². The number of hydrogen-bond donors (Lipinski definition) is 2. The molecule has 0 radical (unpaired) electrons.